The lowest BCUT2D eigenvalue weighted by atomic mass is 10.1. The average molecular weight is 319 g/mol. The molecule has 22 heavy (non-hydrogen) atoms. The molecule has 1 amide bonds. The standard InChI is InChI=1S/C14H17N5O2S/c20-11(18-4-2-1-3-5-18)6-9-8-22-14-16-12-10(7-15-17-12)13(21)19(9)14/h7,9H,1-6,8H2,(H,15,17). The lowest BCUT2D eigenvalue weighted by Gasteiger charge is -2.28. The number of thioether (sulfide) groups is 1. The maximum Gasteiger partial charge on any atom is 0.265 e. The van der Waals surface area contributed by atoms with Crippen molar-refractivity contribution in [1.82, 2.24) is 24.6 Å². The van der Waals surface area contributed by atoms with E-state index in [-0.39, 0.29) is 17.5 Å². The maximum atomic E-state index is 12.6. The van der Waals surface area contributed by atoms with Crippen LogP contribution in [0.15, 0.2) is 16.1 Å². The molecule has 1 N–H and O–H groups in total. The summed E-state index contributed by atoms with van der Waals surface area (Å²) in [5.41, 5.74) is 0.418. The molecule has 1 unspecified atom stereocenters. The molecule has 0 aliphatic carbocycles. The second-order valence-electron chi connectivity index (χ2n) is 5.81. The van der Waals surface area contributed by atoms with Gasteiger partial charge in [0.25, 0.3) is 5.56 Å². The van der Waals surface area contributed by atoms with E-state index in [9.17, 15) is 9.59 Å². The topological polar surface area (TPSA) is 83.9 Å². The van der Waals surface area contributed by atoms with Gasteiger partial charge in [-0.3, -0.25) is 19.3 Å². The number of carbonyl (C=O) groups is 1. The van der Waals surface area contributed by atoms with Gasteiger partial charge in [-0.15, -0.1) is 0 Å². The molecule has 2 aliphatic heterocycles. The van der Waals surface area contributed by atoms with E-state index in [2.05, 4.69) is 15.2 Å². The van der Waals surface area contributed by atoms with Gasteiger partial charge in [-0.1, -0.05) is 11.8 Å². The van der Waals surface area contributed by atoms with Gasteiger partial charge in [0, 0.05) is 25.3 Å². The number of fused-ring (bicyclic) bond motifs is 2. The van der Waals surface area contributed by atoms with Gasteiger partial charge in [0.2, 0.25) is 5.91 Å². The van der Waals surface area contributed by atoms with Crippen LogP contribution in [0.25, 0.3) is 11.0 Å². The van der Waals surface area contributed by atoms with E-state index in [4.69, 9.17) is 0 Å². The van der Waals surface area contributed by atoms with E-state index in [0.29, 0.717) is 22.6 Å². The largest absolute Gasteiger partial charge is 0.343 e. The summed E-state index contributed by atoms with van der Waals surface area (Å²) >= 11 is 1.53. The third-order valence-electron chi connectivity index (χ3n) is 4.37. The molecule has 0 bridgehead atoms. The summed E-state index contributed by atoms with van der Waals surface area (Å²) in [6.07, 6.45) is 5.25. The van der Waals surface area contributed by atoms with Gasteiger partial charge in [0.1, 0.15) is 5.39 Å². The first-order valence-corrected chi connectivity index (χ1v) is 8.59. The number of piperidine rings is 1. The van der Waals surface area contributed by atoms with Crippen molar-refractivity contribution in [1.29, 1.82) is 0 Å². The van der Waals surface area contributed by atoms with Crippen LogP contribution in [0.1, 0.15) is 31.7 Å². The van der Waals surface area contributed by atoms with Crippen LogP contribution >= 0.6 is 11.8 Å². The van der Waals surface area contributed by atoms with Crippen LogP contribution in [-0.4, -0.2) is 49.4 Å². The van der Waals surface area contributed by atoms with Crippen molar-refractivity contribution in [3.8, 4) is 0 Å². The van der Waals surface area contributed by atoms with Crippen molar-refractivity contribution >= 4 is 28.7 Å². The number of carbonyl (C=O) groups excluding carboxylic acids is 1. The molecule has 0 spiro atoms. The number of aromatic nitrogens is 4. The Hall–Kier alpha value is -1.83. The Labute approximate surface area is 131 Å². The summed E-state index contributed by atoms with van der Waals surface area (Å²) in [5.74, 6) is 0.874. The first kappa shape index (κ1) is 13.8. The van der Waals surface area contributed by atoms with Crippen LogP contribution in [-0.2, 0) is 4.79 Å². The van der Waals surface area contributed by atoms with E-state index in [1.165, 1.54) is 24.4 Å². The summed E-state index contributed by atoms with van der Waals surface area (Å²) < 4.78 is 1.67. The first-order chi connectivity index (χ1) is 10.7. The van der Waals surface area contributed by atoms with Crippen molar-refractivity contribution in [3.63, 3.8) is 0 Å². The quantitative estimate of drug-likeness (QED) is 0.840. The number of likely N-dealkylation sites (tertiary alicyclic amines) is 1. The molecule has 0 radical (unpaired) electrons. The highest BCUT2D eigenvalue weighted by atomic mass is 32.2. The Morgan fingerprint density at radius 2 is 2.18 bits per heavy atom. The van der Waals surface area contributed by atoms with Gasteiger partial charge in [-0.2, -0.15) is 5.10 Å². The van der Waals surface area contributed by atoms with Gasteiger partial charge in [0.05, 0.1) is 12.2 Å². The SMILES string of the molecule is O=C(CC1CSc2nc3[nH]ncc3c(=O)n21)N1CCCCC1. The fourth-order valence-corrected chi connectivity index (χ4v) is 4.32. The Morgan fingerprint density at radius 1 is 1.36 bits per heavy atom. The fraction of sp³-hybridized carbons (Fsp3) is 0.571. The smallest absolute Gasteiger partial charge is 0.265 e. The molecule has 4 rings (SSSR count). The highest BCUT2D eigenvalue weighted by Gasteiger charge is 2.30. The van der Waals surface area contributed by atoms with E-state index >= 15 is 0 Å². The predicted molar refractivity (Wildman–Crippen MR) is 83.0 cm³/mol. The monoisotopic (exact) mass is 319 g/mol. The van der Waals surface area contributed by atoms with E-state index in [1.54, 1.807) is 4.57 Å². The Balaban J connectivity index is 1.61. The summed E-state index contributed by atoms with van der Waals surface area (Å²) in [5, 5.41) is 7.78. The van der Waals surface area contributed by atoms with E-state index < -0.39 is 0 Å². The zero-order valence-corrected chi connectivity index (χ0v) is 12.9. The summed E-state index contributed by atoms with van der Waals surface area (Å²) in [6.45, 7) is 1.69. The fourth-order valence-electron chi connectivity index (χ4n) is 3.18. The molecular formula is C14H17N5O2S. The normalized spacial score (nSPS) is 21.3. The molecule has 0 saturated carbocycles. The molecule has 1 fully saturated rings. The Bertz CT molecular complexity index is 777. The minimum atomic E-state index is -0.103. The minimum absolute atomic E-state index is 0.102. The molecule has 2 aromatic rings. The lowest BCUT2D eigenvalue weighted by molar-refractivity contribution is -0.132. The van der Waals surface area contributed by atoms with Gasteiger partial charge >= 0.3 is 0 Å². The molecule has 2 aliphatic rings. The number of nitrogens with one attached hydrogen (secondary N) is 1. The minimum Gasteiger partial charge on any atom is -0.343 e. The zero-order valence-electron chi connectivity index (χ0n) is 12.1. The Morgan fingerprint density at radius 3 is 3.00 bits per heavy atom. The van der Waals surface area contributed by atoms with Crippen molar-refractivity contribution in [2.75, 3.05) is 18.8 Å². The van der Waals surface area contributed by atoms with Crippen LogP contribution in [0, 0.1) is 0 Å². The highest BCUT2D eigenvalue weighted by Crippen LogP contribution is 2.33. The van der Waals surface area contributed by atoms with Crippen LogP contribution < -0.4 is 5.56 Å². The number of hydrogen-bond donors (Lipinski definition) is 1. The maximum absolute atomic E-state index is 12.6. The van der Waals surface area contributed by atoms with E-state index in [1.807, 2.05) is 4.90 Å². The average Bonchev–Trinajstić information content (AvgIpc) is 3.16. The second kappa shape index (κ2) is 5.42. The number of rotatable bonds is 2. The van der Waals surface area contributed by atoms with Crippen molar-refractivity contribution in [3.05, 3.63) is 16.6 Å². The first-order valence-electron chi connectivity index (χ1n) is 7.60. The van der Waals surface area contributed by atoms with Crippen molar-refractivity contribution in [2.45, 2.75) is 36.9 Å². The number of H-pyrrole nitrogens is 1. The molecule has 8 heteroatoms. The van der Waals surface area contributed by atoms with Crippen molar-refractivity contribution in [2.24, 2.45) is 0 Å². The molecule has 4 heterocycles. The number of amides is 1. The number of hydrogen-bond acceptors (Lipinski definition) is 5. The summed E-state index contributed by atoms with van der Waals surface area (Å²) in [6, 6.07) is -0.103. The zero-order chi connectivity index (χ0) is 15.1. The Kier molecular flexibility index (Phi) is 3.40. The molecule has 1 atom stereocenters. The molecule has 7 nitrogen and oxygen atoms in total. The van der Waals surface area contributed by atoms with Crippen LogP contribution in [0.5, 0.6) is 0 Å². The molecule has 0 aromatic carbocycles. The summed E-state index contributed by atoms with van der Waals surface area (Å²) in [7, 11) is 0. The van der Waals surface area contributed by atoms with Gasteiger partial charge in [-0.25, -0.2) is 4.98 Å². The molecule has 116 valence electrons. The molecule has 2 aromatic heterocycles. The van der Waals surface area contributed by atoms with Crippen molar-refractivity contribution < 1.29 is 4.79 Å². The summed E-state index contributed by atoms with van der Waals surface area (Å²) in [4.78, 5) is 31.4. The number of nitrogens with zero attached hydrogens (tertiary/aromatic N) is 4. The van der Waals surface area contributed by atoms with Crippen LogP contribution in [0.2, 0.25) is 0 Å². The third-order valence-corrected chi connectivity index (χ3v) is 5.47. The van der Waals surface area contributed by atoms with Gasteiger partial charge in [0.15, 0.2) is 10.8 Å². The number of aromatic amines is 1. The van der Waals surface area contributed by atoms with Gasteiger partial charge in [-0.05, 0) is 19.3 Å². The van der Waals surface area contributed by atoms with Crippen LogP contribution in [0.3, 0.4) is 0 Å². The lowest BCUT2D eigenvalue weighted by Crippen LogP contribution is -2.37. The second-order valence-corrected chi connectivity index (χ2v) is 6.80. The highest BCUT2D eigenvalue weighted by molar-refractivity contribution is 7.99. The third kappa shape index (κ3) is 2.22. The molecule has 1 saturated heterocycles. The molecular weight excluding hydrogens is 302 g/mol. The van der Waals surface area contributed by atoms with Crippen LogP contribution in [0.4, 0.5) is 0 Å². The predicted octanol–water partition coefficient (Wildman–Crippen LogP) is 1.17. The van der Waals surface area contributed by atoms with E-state index in [0.717, 1.165) is 31.7 Å². The van der Waals surface area contributed by atoms with Gasteiger partial charge < -0.3 is 4.90 Å².